The lowest BCUT2D eigenvalue weighted by Crippen LogP contribution is -2.21. The first kappa shape index (κ1) is 15.0. The van der Waals surface area contributed by atoms with Crippen LogP contribution in [0.3, 0.4) is 0 Å². The Hall–Kier alpha value is -1.35. The minimum atomic E-state index is -0.00694. The molecule has 0 aromatic heterocycles. The summed E-state index contributed by atoms with van der Waals surface area (Å²) in [7, 11) is 0. The van der Waals surface area contributed by atoms with E-state index in [-0.39, 0.29) is 11.9 Å². The van der Waals surface area contributed by atoms with Gasteiger partial charge in [0, 0.05) is 0 Å². The van der Waals surface area contributed by atoms with Crippen LogP contribution in [-0.2, 0) is 20.9 Å². The predicted octanol–water partition coefficient (Wildman–Crippen LogP) is 3.72. The Labute approximate surface area is 121 Å². The van der Waals surface area contributed by atoms with Crippen molar-refractivity contribution in [2.75, 3.05) is 6.61 Å². The highest BCUT2D eigenvalue weighted by Crippen LogP contribution is 2.29. The lowest BCUT2D eigenvalue weighted by Gasteiger charge is -2.25. The topological polar surface area (TPSA) is 35.5 Å². The Morgan fingerprint density at radius 2 is 1.85 bits per heavy atom. The third-order valence-corrected chi connectivity index (χ3v) is 3.58. The molecule has 1 aromatic carbocycles. The Morgan fingerprint density at radius 3 is 2.35 bits per heavy atom. The summed E-state index contributed by atoms with van der Waals surface area (Å²) in [5.74, 6) is 0.252. The van der Waals surface area contributed by atoms with Gasteiger partial charge in [-0.3, -0.25) is 4.79 Å². The average molecular weight is 276 g/mol. The van der Waals surface area contributed by atoms with Crippen molar-refractivity contribution < 1.29 is 14.3 Å². The van der Waals surface area contributed by atoms with E-state index < -0.39 is 0 Å². The number of carbonyl (C=O) groups is 1. The second-order valence-corrected chi connectivity index (χ2v) is 5.38. The van der Waals surface area contributed by atoms with Crippen LogP contribution in [0.15, 0.2) is 30.3 Å². The number of benzene rings is 1. The zero-order chi connectivity index (χ0) is 14.2. The van der Waals surface area contributed by atoms with Gasteiger partial charge in [-0.2, -0.15) is 0 Å². The first-order valence-corrected chi connectivity index (χ1v) is 7.61. The molecule has 0 spiro atoms. The first-order chi connectivity index (χ1) is 9.79. The van der Waals surface area contributed by atoms with E-state index in [1.54, 1.807) is 0 Å². The number of rotatable bonds is 5. The quantitative estimate of drug-likeness (QED) is 0.769. The van der Waals surface area contributed by atoms with Crippen molar-refractivity contribution >= 4 is 5.97 Å². The molecular weight excluding hydrogens is 252 g/mol. The highest BCUT2D eigenvalue weighted by molar-refractivity contribution is 5.74. The van der Waals surface area contributed by atoms with Crippen LogP contribution in [0.1, 0.15) is 44.6 Å². The van der Waals surface area contributed by atoms with E-state index in [0.717, 1.165) is 19.4 Å². The average Bonchev–Trinajstić information content (AvgIpc) is 3.24. The van der Waals surface area contributed by atoms with Crippen LogP contribution in [0.5, 0.6) is 0 Å². The van der Waals surface area contributed by atoms with Gasteiger partial charge in [-0.15, -0.1) is 0 Å². The van der Waals surface area contributed by atoms with Crippen molar-refractivity contribution in [2.45, 2.75) is 51.7 Å². The van der Waals surface area contributed by atoms with Crippen molar-refractivity contribution in [3.63, 3.8) is 0 Å². The molecule has 0 saturated heterocycles. The molecule has 110 valence electrons. The third kappa shape index (κ3) is 5.33. The van der Waals surface area contributed by atoms with Crippen LogP contribution in [0.25, 0.3) is 0 Å². The minimum Gasteiger partial charge on any atom is -0.466 e. The van der Waals surface area contributed by atoms with Gasteiger partial charge in [0.15, 0.2) is 0 Å². The molecule has 0 heterocycles. The van der Waals surface area contributed by atoms with E-state index in [1.165, 1.54) is 24.8 Å². The second-order valence-electron chi connectivity index (χ2n) is 5.38. The van der Waals surface area contributed by atoms with E-state index in [4.69, 9.17) is 9.47 Å². The molecule has 0 unspecified atom stereocenters. The fraction of sp³-hybridized carbons (Fsp3) is 0.588. The zero-order valence-corrected chi connectivity index (χ0v) is 12.2. The highest BCUT2D eigenvalue weighted by atomic mass is 16.5. The smallest absolute Gasteiger partial charge is 0.308 e. The molecule has 0 radical (unpaired) electrons. The van der Waals surface area contributed by atoms with Crippen LogP contribution < -0.4 is 0 Å². The molecule has 2 fully saturated rings. The normalized spacial score (nSPS) is 17.6. The number of hydrogen-bond acceptors (Lipinski definition) is 3. The molecule has 0 bridgehead atoms. The predicted molar refractivity (Wildman–Crippen MR) is 78.2 cm³/mol. The molecule has 2 saturated carbocycles. The lowest BCUT2D eigenvalue weighted by molar-refractivity contribution is -0.144. The molecule has 20 heavy (non-hydrogen) atoms. The van der Waals surface area contributed by atoms with Gasteiger partial charge in [0.1, 0.15) is 0 Å². The molecular formula is C17H24O3. The van der Waals surface area contributed by atoms with Gasteiger partial charge in [0.25, 0.3) is 0 Å². The Bertz CT molecular complexity index is 394. The van der Waals surface area contributed by atoms with Gasteiger partial charge in [-0.1, -0.05) is 30.3 Å². The van der Waals surface area contributed by atoms with E-state index in [9.17, 15) is 4.79 Å². The second kappa shape index (κ2) is 8.05. The summed E-state index contributed by atoms with van der Waals surface area (Å²) in [6.07, 6.45) is 6.49. The van der Waals surface area contributed by atoms with Gasteiger partial charge in [-0.25, -0.2) is 0 Å². The molecule has 0 aliphatic heterocycles. The summed E-state index contributed by atoms with van der Waals surface area (Å²) in [6.45, 7) is 3.14. The van der Waals surface area contributed by atoms with E-state index in [2.05, 4.69) is 24.3 Å². The van der Waals surface area contributed by atoms with E-state index >= 15 is 0 Å². The molecule has 0 N–H and O–H groups in total. The SMILES string of the molecule is CCOC(=O)C1CC1.c1ccc(COC2CCC2)cc1. The molecule has 1 aromatic rings. The number of esters is 1. The van der Waals surface area contributed by atoms with Gasteiger partial charge in [-0.05, 0) is 44.6 Å². The number of hydrogen-bond donors (Lipinski definition) is 0. The Kier molecular flexibility index (Phi) is 6.06. The number of ether oxygens (including phenoxy) is 2. The fourth-order valence-corrected chi connectivity index (χ4v) is 1.90. The standard InChI is InChI=1S/C11H14O.C6H10O2/c1-2-5-10(6-3-1)9-12-11-7-4-8-11;1-2-8-6(7)5-3-4-5/h1-3,5-6,11H,4,7-9H2;5H,2-4H2,1H3. The van der Waals surface area contributed by atoms with Crippen LogP contribution in [0, 0.1) is 5.92 Å². The maximum Gasteiger partial charge on any atom is 0.308 e. The van der Waals surface area contributed by atoms with Crippen molar-refractivity contribution in [3.05, 3.63) is 35.9 Å². The Balaban J connectivity index is 0.000000160. The van der Waals surface area contributed by atoms with E-state index in [1.807, 2.05) is 13.0 Å². The summed E-state index contributed by atoms with van der Waals surface area (Å²) in [4.78, 5) is 10.6. The van der Waals surface area contributed by atoms with Crippen LogP contribution in [0.4, 0.5) is 0 Å². The van der Waals surface area contributed by atoms with Crippen LogP contribution in [-0.4, -0.2) is 18.7 Å². The molecule has 3 heteroatoms. The lowest BCUT2D eigenvalue weighted by atomic mass is 9.96. The first-order valence-electron chi connectivity index (χ1n) is 7.61. The van der Waals surface area contributed by atoms with Crippen LogP contribution >= 0.6 is 0 Å². The summed E-state index contributed by atoms with van der Waals surface area (Å²) in [5, 5.41) is 0. The van der Waals surface area contributed by atoms with Crippen molar-refractivity contribution in [1.29, 1.82) is 0 Å². The minimum absolute atomic E-state index is 0.00694. The maximum absolute atomic E-state index is 10.6. The van der Waals surface area contributed by atoms with Crippen LogP contribution in [0.2, 0.25) is 0 Å². The maximum atomic E-state index is 10.6. The number of carbonyl (C=O) groups excluding carboxylic acids is 1. The van der Waals surface area contributed by atoms with Gasteiger partial charge in [0.2, 0.25) is 0 Å². The van der Waals surface area contributed by atoms with Gasteiger partial charge >= 0.3 is 5.97 Å². The van der Waals surface area contributed by atoms with Gasteiger partial charge < -0.3 is 9.47 Å². The zero-order valence-electron chi connectivity index (χ0n) is 12.2. The molecule has 2 aliphatic carbocycles. The summed E-state index contributed by atoms with van der Waals surface area (Å²) >= 11 is 0. The third-order valence-electron chi connectivity index (χ3n) is 3.58. The summed E-state index contributed by atoms with van der Waals surface area (Å²) in [6, 6.07) is 10.4. The highest BCUT2D eigenvalue weighted by Gasteiger charge is 2.30. The fourth-order valence-electron chi connectivity index (χ4n) is 1.90. The largest absolute Gasteiger partial charge is 0.466 e. The molecule has 0 atom stereocenters. The van der Waals surface area contributed by atoms with E-state index in [0.29, 0.717) is 12.7 Å². The molecule has 3 nitrogen and oxygen atoms in total. The Morgan fingerprint density at radius 1 is 1.15 bits per heavy atom. The van der Waals surface area contributed by atoms with Crippen molar-refractivity contribution in [1.82, 2.24) is 0 Å². The summed E-state index contributed by atoms with van der Waals surface area (Å²) < 4.78 is 10.4. The monoisotopic (exact) mass is 276 g/mol. The molecule has 3 rings (SSSR count). The van der Waals surface area contributed by atoms with Crippen molar-refractivity contribution in [2.24, 2.45) is 5.92 Å². The summed E-state index contributed by atoms with van der Waals surface area (Å²) in [5.41, 5.74) is 1.28. The molecule has 0 amide bonds. The molecule has 2 aliphatic rings. The van der Waals surface area contributed by atoms with Crippen molar-refractivity contribution in [3.8, 4) is 0 Å². The van der Waals surface area contributed by atoms with Gasteiger partial charge in [0.05, 0.1) is 25.2 Å².